The maximum absolute atomic E-state index is 5.91. The fourth-order valence-electron chi connectivity index (χ4n) is 4.58. The summed E-state index contributed by atoms with van der Waals surface area (Å²) in [4.78, 5) is 16.1. The van der Waals surface area contributed by atoms with E-state index in [0.29, 0.717) is 18.4 Å². The number of hydrogen-bond donors (Lipinski definition) is 2. The third kappa shape index (κ3) is 6.34. The van der Waals surface area contributed by atoms with Crippen molar-refractivity contribution in [1.82, 2.24) is 19.9 Å². The molecule has 0 atom stereocenters. The number of nitrogens with one attached hydrogen (secondary N) is 2. The Morgan fingerprint density at radius 3 is 2.62 bits per heavy atom. The van der Waals surface area contributed by atoms with Gasteiger partial charge in [0.15, 0.2) is 0 Å². The Labute approximate surface area is 217 Å². The normalized spacial score (nSPS) is 16.0. The molecule has 1 saturated carbocycles. The summed E-state index contributed by atoms with van der Waals surface area (Å²) in [7, 11) is 0. The molecule has 1 aliphatic carbocycles. The molecule has 1 aliphatic heterocycles. The second-order valence-corrected chi connectivity index (χ2v) is 9.65. The molecule has 0 radical (unpaired) electrons. The number of ether oxygens (including phenoxy) is 2. The maximum atomic E-state index is 5.91. The maximum Gasteiger partial charge on any atom is 0.229 e. The molecule has 2 aromatic carbocycles. The first kappa shape index (κ1) is 23.6. The van der Waals surface area contributed by atoms with Crippen LogP contribution in [-0.2, 0) is 4.74 Å². The lowest BCUT2D eigenvalue weighted by Crippen LogP contribution is -2.37. The minimum absolute atomic E-state index is 0.520. The van der Waals surface area contributed by atoms with Gasteiger partial charge in [0.1, 0.15) is 11.6 Å². The first-order valence-electron chi connectivity index (χ1n) is 13.1. The lowest BCUT2D eigenvalue weighted by atomic mass is 10.1. The summed E-state index contributed by atoms with van der Waals surface area (Å²) in [5, 5.41) is 7.73. The molecular formula is C29H32N6O2. The number of rotatable bonds is 10. The quantitative estimate of drug-likeness (QED) is 0.279. The Hall–Kier alpha value is -3.75. The van der Waals surface area contributed by atoms with Gasteiger partial charge in [0.25, 0.3) is 0 Å². The third-order valence-electron chi connectivity index (χ3n) is 6.79. The fourth-order valence-corrected chi connectivity index (χ4v) is 4.58. The number of fused-ring (bicyclic) bond motifs is 1. The van der Waals surface area contributed by atoms with Crippen LogP contribution in [0.1, 0.15) is 30.7 Å². The monoisotopic (exact) mass is 496 g/mol. The predicted molar refractivity (Wildman–Crippen MR) is 146 cm³/mol. The topological polar surface area (TPSA) is 84.4 Å². The molecule has 3 heterocycles. The summed E-state index contributed by atoms with van der Waals surface area (Å²) < 4.78 is 11.3. The standard InChI is InChI=1S/C29H32N6O2/c1(12-35-13-16-36-17-14-35)15-37-26-8-6-24(7-9-26)33-29-30-11-10-28(34-29)32-25-18-23-5-4-22(21-2-3-21)19-27(23)31-20-25/h4-11,18-21H,1-3,12-17H2,(H2,30,32,33,34). The van der Waals surface area contributed by atoms with Gasteiger partial charge in [0.05, 0.1) is 37.2 Å². The van der Waals surface area contributed by atoms with Gasteiger partial charge in [-0.2, -0.15) is 4.98 Å². The van der Waals surface area contributed by atoms with Crippen LogP contribution in [0, 0.1) is 0 Å². The highest BCUT2D eigenvalue weighted by Crippen LogP contribution is 2.40. The van der Waals surface area contributed by atoms with Gasteiger partial charge in [-0.1, -0.05) is 12.1 Å². The highest BCUT2D eigenvalue weighted by molar-refractivity contribution is 5.83. The predicted octanol–water partition coefficient (Wildman–Crippen LogP) is 5.49. The number of aromatic nitrogens is 3. The molecule has 2 fully saturated rings. The molecule has 2 N–H and O–H groups in total. The van der Waals surface area contributed by atoms with Crippen LogP contribution >= 0.6 is 0 Å². The molecule has 0 unspecified atom stereocenters. The van der Waals surface area contributed by atoms with Crippen molar-refractivity contribution in [2.75, 3.05) is 50.1 Å². The SMILES string of the molecule is c1cc(Nc2cnc3cc(C4CC4)ccc3c2)nc(Nc2ccc(OCCCN3CCOCC3)cc2)n1. The average Bonchev–Trinajstić information content (AvgIpc) is 3.78. The van der Waals surface area contributed by atoms with Crippen LogP contribution in [0.4, 0.5) is 23.1 Å². The third-order valence-corrected chi connectivity index (χ3v) is 6.79. The van der Waals surface area contributed by atoms with Crippen LogP contribution in [0.25, 0.3) is 10.9 Å². The van der Waals surface area contributed by atoms with Gasteiger partial charge in [-0.3, -0.25) is 9.88 Å². The molecule has 8 nitrogen and oxygen atoms in total. The van der Waals surface area contributed by atoms with Gasteiger partial charge >= 0.3 is 0 Å². The van der Waals surface area contributed by atoms with Crippen LogP contribution < -0.4 is 15.4 Å². The summed E-state index contributed by atoms with van der Waals surface area (Å²) in [6.45, 7) is 5.44. The summed E-state index contributed by atoms with van der Waals surface area (Å²) >= 11 is 0. The molecule has 37 heavy (non-hydrogen) atoms. The van der Waals surface area contributed by atoms with E-state index in [4.69, 9.17) is 9.47 Å². The highest BCUT2D eigenvalue weighted by Gasteiger charge is 2.23. The zero-order chi connectivity index (χ0) is 24.9. The number of pyridine rings is 1. The summed E-state index contributed by atoms with van der Waals surface area (Å²) in [6, 6.07) is 18.4. The number of anilines is 4. The molecule has 190 valence electrons. The van der Waals surface area contributed by atoms with Crippen molar-refractivity contribution < 1.29 is 9.47 Å². The van der Waals surface area contributed by atoms with Crippen LogP contribution in [0.5, 0.6) is 5.75 Å². The largest absolute Gasteiger partial charge is 0.494 e. The van der Waals surface area contributed by atoms with E-state index >= 15 is 0 Å². The van der Waals surface area contributed by atoms with Gasteiger partial charge < -0.3 is 20.1 Å². The van der Waals surface area contributed by atoms with Gasteiger partial charge in [-0.15, -0.1) is 0 Å². The first-order valence-corrected chi connectivity index (χ1v) is 13.1. The zero-order valence-electron chi connectivity index (χ0n) is 20.9. The fraction of sp³-hybridized carbons (Fsp3) is 0.345. The Balaban J connectivity index is 1.02. The molecule has 0 bridgehead atoms. The van der Waals surface area contributed by atoms with Crippen molar-refractivity contribution in [3.63, 3.8) is 0 Å². The Bertz CT molecular complexity index is 1340. The van der Waals surface area contributed by atoms with E-state index < -0.39 is 0 Å². The average molecular weight is 497 g/mol. The minimum Gasteiger partial charge on any atom is -0.494 e. The Morgan fingerprint density at radius 2 is 1.78 bits per heavy atom. The van der Waals surface area contributed by atoms with Gasteiger partial charge in [-0.25, -0.2) is 4.98 Å². The van der Waals surface area contributed by atoms with Crippen molar-refractivity contribution >= 4 is 34.0 Å². The Morgan fingerprint density at radius 1 is 0.919 bits per heavy atom. The number of nitrogens with zero attached hydrogens (tertiary/aromatic N) is 4. The first-order chi connectivity index (χ1) is 18.3. The van der Waals surface area contributed by atoms with Crippen molar-refractivity contribution in [2.24, 2.45) is 0 Å². The second-order valence-electron chi connectivity index (χ2n) is 9.65. The van der Waals surface area contributed by atoms with Gasteiger partial charge in [-0.05, 0) is 73.2 Å². The lowest BCUT2D eigenvalue weighted by molar-refractivity contribution is 0.0358. The summed E-state index contributed by atoms with van der Waals surface area (Å²) in [5.41, 5.74) is 4.23. The van der Waals surface area contributed by atoms with E-state index in [0.717, 1.165) is 73.2 Å². The number of benzene rings is 2. The molecule has 2 aromatic heterocycles. The molecule has 6 rings (SSSR count). The smallest absolute Gasteiger partial charge is 0.229 e. The molecule has 1 saturated heterocycles. The van der Waals surface area contributed by atoms with E-state index in [9.17, 15) is 0 Å². The molecule has 8 heteroatoms. The van der Waals surface area contributed by atoms with Crippen LogP contribution in [-0.4, -0.2) is 59.3 Å². The summed E-state index contributed by atoms with van der Waals surface area (Å²) in [5.74, 6) is 2.81. The van der Waals surface area contributed by atoms with E-state index in [-0.39, 0.29) is 0 Å². The number of morpholine rings is 1. The van der Waals surface area contributed by atoms with E-state index in [2.05, 4.69) is 54.8 Å². The molecule has 0 amide bonds. The zero-order valence-corrected chi connectivity index (χ0v) is 20.9. The minimum atomic E-state index is 0.520. The van der Waals surface area contributed by atoms with Crippen molar-refractivity contribution in [3.05, 3.63) is 72.6 Å². The van der Waals surface area contributed by atoms with E-state index in [1.807, 2.05) is 36.5 Å². The number of hydrogen-bond acceptors (Lipinski definition) is 8. The lowest BCUT2D eigenvalue weighted by Gasteiger charge is -2.26. The molecule has 2 aliphatic rings. The van der Waals surface area contributed by atoms with Gasteiger partial charge in [0.2, 0.25) is 5.95 Å². The van der Waals surface area contributed by atoms with Crippen molar-refractivity contribution in [3.8, 4) is 5.75 Å². The van der Waals surface area contributed by atoms with E-state index in [1.165, 1.54) is 18.4 Å². The van der Waals surface area contributed by atoms with E-state index in [1.54, 1.807) is 6.20 Å². The summed E-state index contributed by atoms with van der Waals surface area (Å²) in [6.07, 6.45) is 7.18. The van der Waals surface area contributed by atoms with Crippen molar-refractivity contribution in [2.45, 2.75) is 25.2 Å². The van der Waals surface area contributed by atoms with Crippen molar-refractivity contribution in [1.29, 1.82) is 0 Å². The molecular weight excluding hydrogens is 464 g/mol. The molecule has 4 aromatic rings. The van der Waals surface area contributed by atoms with Gasteiger partial charge in [0, 0.05) is 36.9 Å². The van der Waals surface area contributed by atoms with Crippen LogP contribution in [0.3, 0.4) is 0 Å². The highest BCUT2D eigenvalue weighted by atomic mass is 16.5. The second kappa shape index (κ2) is 11.1. The van der Waals surface area contributed by atoms with Crippen LogP contribution in [0.15, 0.2) is 67.0 Å². The molecule has 0 spiro atoms. The Kier molecular flexibility index (Phi) is 7.10. The van der Waals surface area contributed by atoms with Crippen LogP contribution in [0.2, 0.25) is 0 Å².